The molecule has 0 unspecified atom stereocenters. The molecule has 8 nitrogen and oxygen atoms in total. The van der Waals surface area contributed by atoms with Crippen LogP contribution in [0.4, 0.5) is 10.6 Å². The van der Waals surface area contributed by atoms with Gasteiger partial charge >= 0.3 is 6.03 Å². The Balaban J connectivity index is 1.44. The number of ether oxygens (including phenoxy) is 2. The maximum atomic E-state index is 12.6. The van der Waals surface area contributed by atoms with Gasteiger partial charge in [-0.05, 0) is 30.9 Å². The maximum absolute atomic E-state index is 12.6. The summed E-state index contributed by atoms with van der Waals surface area (Å²) < 4.78 is 12.7. The van der Waals surface area contributed by atoms with Gasteiger partial charge in [-0.25, -0.2) is 9.78 Å². The van der Waals surface area contributed by atoms with Crippen molar-refractivity contribution in [2.24, 2.45) is 0 Å². The maximum Gasteiger partial charge on any atom is 0.320 e. The molecule has 1 fully saturated rings. The van der Waals surface area contributed by atoms with Crippen LogP contribution in [-0.4, -0.2) is 47.7 Å². The first-order chi connectivity index (χ1) is 14.7. The average Bonchev–Trinajstić information content (AvgIpc) is 3.21. The molecule has 2 aromatic heterocycles. The number of rotatable bonds is 7. The topological polar surface area (TPSA) is 90.3 Å². The number of carbonyl (C=O) groups excluding carboxylic acids is 1. The molecule has 1 saturated heterocycles. The van der Waals surface area contributed by atoms with Crippen molar-refractivity contribution in [3.8, 4) is 0 Å². The van der Waals surface area contributed by atoms with Crippen molar-refractivity contribution >= 4 is 22.8 Å². The highest BCUT2D eigenvalue weighted by Gasteiger charge is 2.19. The highest BCUT2D eigenvalue weighted by atomic mass is 16.5. The molecule has 8 heteroatoms. The summed E-state index contributed by atoms with van der Waals surface area (Å²) in [4.78, 5) is 17.0. The Bertz CT molecular complexity index is 969. The van der Waals surface area contributed by atoms with Crippen LogP contribution in [0.1, 0.15) is 36.9 Å². The highest BCUT2D eigenvalue weighted by molar-refractivity contribution is 5.91. The Morgan fingerprint density at radius 3 is 2.83 bits per heavy atom. The summed E-state index contributed by atoms with van der Waals surface area (Å²) in [5.74, 6) is 0.491. The Kier molecular flexibility index (Phi) is 6.56. The van der Waals surface area contributed by atoms with E-state index < -0.39 is 0 Å². The lowest BCUT2D eigenvalue weighted by Gasteiger charge is -2.23. The molecule has 30 heavy (non-hydrogen) atoms. The van der Waals surface area contributed by atoms with E-state index in [1.165, 1.54) is 0 Å². The molecule has 0 bridgehead atoms. The van der Waals surface area contributed by atoms with E-state index in [1.807, 2.05) is 47.3 Å². The van der Waals surface area contributed by atoms with Crippen molar-refractivity contribution in [1.82, 2.24) is 20.1 Å². The molecule has 0 aliphatic carbocycles. The van der Waals surface area contributed by atoms with Gasteiger partial charge in [0.1, 0.15) is 5.82 Å². The minimum atomic E-state index is -0.302. The fourth-order valence-electron chi connectivity index (χ4n) is 3.79. The van der Waals surface area contributed by atoms with Crippen LogP contribution in [0.2, 0.25) is 0 Å². The summed E-state index contributed by atoms with van der Waals surface area (Å²) >= 11 is 0. The van der Waals surface area contributed by atoms with Crippen LogP contribution in [0.3, 0.4) is 0 Å². The predicted octanol–water partition coefficient (Wildman–Crippen LogP) is 3.68. The highest BCUT2D eigenvalue weighted by Crippen LogP contribution is 2.26. The summed E-state index contributed by atoms with van der Waals surface area (Å²) in [5, 5.41) is 11.3. The van der Waals surface area contributed by atoms with E-state index in [-0.39, 0.29) is 12.1 Å². The zero-order chi connectivity index (χ0) is 20.8. The van der Waals surface area contributed by atoms with Crippen molar-refractivity contribution in [3.05, 3.63) is 54.4 Å². The third kappa shape index (κ3) is 4.77. The molecule has 4 rings (SSSR count). The van der Waals surface area contributed by atoms with Gasteiger partial charge in [0.25, 0.3) is 0 Å². The molecule has 1 atom stereocenters. The smallest absolute Gasteiger partial charge is 0.320 e. The van der Waals surface area contributed by atoms with Gasteiger partial charge in [-0.15, -0.1) is 0 Å². The number of aromatic nitrogens is 3. The molecule has 1 aliphatic rings. The molecule has 1 aromatic carbocycles. The van der Waals surface area contributed by atoms with Gasteiger partial charge in [-0.1, -0.05) is 30.3 Å². The standard InChI is InChI=1S/C22H27N5O3/c1-29-10-9-19(16-5-3-2-4-6-16)25-22(28)26-21-13-17-14-24-27(20(17)15-23-21)18-7-11-30-12-8-18/h2-6,13-15,18-19H,7-12H2,1H3,(H2,23,25,26,28)/t19-/m1/s1. The Labute approximate surface area is 175 Å². The number of urea groups is 1. The lowest BCUT2D eigenvalue weighted by atomic mass is 10.0. The van der Waals surface area contributed by atoms with Gasteiger partial charge in [0.2, 0.25) is 0 Å². The van der Waals surface area contributed by atoms with Crippen LogP contribution < -0.4 is 10.6 Å². The molecular formula is C22H27N5O3. The van der Waals surface area contributed by atoms with Gasteiger partial charge in [-0.2, -0.15) is 5.10 Å². The lowest BCUT2D eigenvalue weighted by Crippen LogP contribution is -2.33. The number of methoxy groups -OCH3 is 1. The van der Waals surface area contributed by atoms with Crippen LogP contribution in [0.5, 0.6) is 0 Å². The van der Waals surface area contributed by atoms with E-state index in [2.05, 4.69) is 20.7 Å². The zero-order valence-corrected chi connectivity index (χ0v) is 17.1. The van der Waals surface area contributed by atoms with E-state index in [4.69, 9.17) is 9.47 Å². The third-order valence-corrected chi connectivity index (χ3v) is 5.38. The fraction of sp³-hybridized carbons (Fsp3) is 0.409. The van der Waals surface area contributed by atoms with E-state index in [0.717, 1.165) is 42.5 Å². The summed E-state index contributed by atoms with van der Waals surface area (Å²) in [7, 11) is 1.65. The Hall–Kier alpha value is -2.97. The second kappa shape index (κ2) is 9.69. The van der Waals surface area contributed by atoms with E-state index in [9.17, 15) is 4.79 Å². The fourth-order valence-corrected chi connectivity index (χ4v) is 3.79. The number of hydrogen-bond acceptors (Lipinski definition) is 5. The SMILES string of the molecule is COCC[C@@H](NC(=O)Nc1cc2cnn(C3CCOCC3)c2cn1)c1ccccc1. The lowest BCUT2D eigenvalue weighted by molar-refractivity contribution is 0.0674. The normalized spacial score (nSPS) is 15.8. The summed E-state index contributed by atoms with van der Waals surface area (Å²) in [6.45, 7) is 2.06. The number of fused-ring (bicyclic) bond motifs is 1. The van der Waals surface area contributed by atoms with Gasteiger partial charge in [0, 0.05) is 32.3 Å². The second-order valence-electron chi connectivity index (χ2n) is 7.40. The molecule has 1 aliphatic heterocycles. The predicted molar refractivity (Wildman–Crippen MR) is 114 cm³/mol. The van der Waals surface area contributed by atoms with E-state index in [1.54, 1.807) is 13.3 Å². The number of amides is 2. The Morgan fingerprint density at radius 1 is 1.27 bits per heavy atom. The van der Waals surface area contributed by atoms with Gasteiger partial charge in [0.15, 0.2) is 0 Å². The molecule has 0 spiro atoms. The number of pyridine rings is 1. The second-order valence-corrected chi connectivity index (χ2v) is 7.40. The van der Waals surface area contributed by atoms with Crippen molar-refractivity contribution < 1.29 is 14.3 Å². The minimum Gasteiger partial charge on any atom is -0.385 e. The average molecular weight is 409 g/mol. The molecule has 3 aromatic rings. The van der Waals surface area contributed by atoms with Gasteiger partial charge in [-0.3, -0.25) is 10.00 Å². The summed E-state index contributed by atoms with van der Waals surface area (Å²) in [6, 6.07) is 11.6. The first-order valence-corrected chi connectivity index (χ1v) is 10.3. The quantitative estimate of drug-likeness (QED) is 0.621. The molecule has 2 amide bonds. The number of nitrogens with zero attached hydrogens (tertiary/aromatic N) is 3. The monoisotopic (exact) mass is 409 g/mol. The van der Waals surface area contributed by atoms with Crippen LogP contribution in [-0.2, 0) is 9.47 Å². The first kappa shape index (κ1) is 20.3. The number of anilines is 1. The number of hydrogen-bond donors (Lipinski definition) is 2. The largest absolute Gasteiger partial charge is 0.385 e. The molecular weight excluding hydrogens is 382 g/mol. The van der Waals surface area contributed by atoms with Crippen molar-refractivity contribution in [2.45, 2.75) is 31.3 Å². The van der Waals surface area contributed by atoms with Crippen LogP contribution >= 0.6 is 0 Å². The number of nitrogens with one attached hydrogen (secondary N) is 2. The zero-order valence-electron chi connectivity index (χ0n) is 17.1. The van der Waals surface area contributed by atoms with Crippen LogP contribution in [0, 0.1) is 0 Å². The summed E-state index contributed by atoms with van der Waals surface area (Å²) in [5.41, 5.74) is 2.00. The third-order valence-electron chi connectivity index (χ3n) is 5.38. The number of benzene rings is 1. The number of carbonyl (C=O) groups is 1. The van der Waals surface area contributed by atoms with Crippen molar-refractivity contribution in [3.63, 3.8) is 0 Å². The molecule has 3 heterocycles. The Morgan fingerprint density at radius 2 is 2.07 bits per heavy atom. The van der Waals surface area contributed by atoms with Crippen LogP contribution in [0.25, 0.3) is 10.9 Å². The molecule has 2 N–H and O–H groups in total. The van der Waals surface area contributed by atoms with E-state index in [0.29, 0.717) is 24.9 Å². The van der Waals surface area contributed by atoms with Gasteiger partial charge < -0.3 is 14.8 Å². The molecule has 0 radical (unpaired) electrons. The van der Waals surface area contributed by atoms with E-state index >= 15 is 0 Å². The molecule has 158 valence electrons. The first-order valence-electron chi connectivity index (χ1n) is 10.3. The summed E-state index contributed by atoms with van der Waals surface area (Å²) in [6.07, 6.45) is 6.16. The van der Waals surface area contributed by atoms with Crippen LogP contribution in [0.15, 0.2) is 48.8 Å². The molecule has 0 saturated carbocycles. The van der Waals surface area contributed by atoms with Crippen molar-refractivity contribution in [2.75, 3.05) is 32.2 Å². The van der Waals surface area contributed by atoms with Crippen molar-refractivity contribution in [1.29, 1.82) is 0 Å². The minimum absolute atomic E-state index is 0.147. The van der Waals surface area contributed by atoms with Gasteiger partial charge in [0.05, 0.1) is 30.0 Å².